The molecule has 0 atom stereocenters. The predicted octanol–water partition coefficient (Wildman–Crippen LogP) is 20.4. The minimum absolute atomic E-state index is 0.0478. The van der Waals surface area contributed by atoms with Gasteiger partial charge in [0.2, 0.25) is 0 Å². The minimum Gasteiger partial charge on any atom is -0.311 e. The molecule has 1 aromatic heterocycles. The van der Waals surface area contributed by atoms with E-state index in [0.717, 1.165) is 34.1 Å². The van der Waals surface area contributed by atoms with Gasteiger partial charge in [0.05, 0.1) is 22.4 Å². The van der Waals surface area contributed by atoms with Gasteiger partial charge >= 0.3 is 0 Å². The average molecular weight is 1090 g/mol. The van der Waals surface area contributed by atoms with E-state index in [9.17, 15) is 0 Å². The van der Waals surface area contributed by atoms with Gasteiger partial charge in [-0.2, -0.15) is 0 Å². The molecular formula is C81H66BN3. The van der Waals surface area contributed by atoms with Crippen molar-refractivity contribution in [3.05, 3.63) is 284 Å². The van der Waals surface area contributed by atoms with Crippen molar-refractivity contribution in [1.82, 2.24) is 4.57 Å². The Kier molecular flexibility index (Phi) is 12.2. The lowest BCUT2D eigenvalue weighted by molar-refractivity contribution is 0.517. The highest BCUT2D eigenvalue weighted by atomic mass is 15.2. The maximum Gasteiger partial charge on any atom is 0.252 e. The molecule has 3 aliphatic rings. The smallest absolute Gasteiger partial charge is 0.252 e. The van der Waals surface area contributed by atoms with Crippen LogP contribution in [0.25, 0.3) is 88.7 Å². The fourth-order valence-corrected chi connectivity index (χ4v) is 13.8. The van der Waals surface area contributed by atoms with Crippen LogP contribution in [0.2, 0.25) is 0 Å². The highest BCUT2D eigenvalue weighted by molar-refractivity contribution is 7.00. The molecule has 0 aliphatic carbocycles. The largest absolute Gasteiger partial charge is 0.311 e. The van der Waals surface area contributed by atoms with E-state index in [2.05, 4.69) is 324 Å². The second kappa shape index (κ2) is 19.9. The molecule has 0 bridgehead atoms. The number of fused-ring (bicyclic) bond motifs is 12. The van der Waals surface area contributed by atoms with Gasteiger partial charge in [-0.1, -0.05) is 248 Å². The summed E-state index contributed by atoms with van der Waals surface area (Å²) >= 11 is 0. The molecule has 4 heterocycles. The van der Waals surface area contributed by atoms with Crippen LogP contribution < -0.4 is 26.2 Å². The van der Waals surface area contributed by atoms with Gasteiger partial charge in [0.15, 0.2) is 0 Å². The molecule has 4 heteroatoms. The molecule has 408 valence electrons. The molecule has 0 amide bonds. The number of aromatic nitrogens is 1. The van der Waals surface area contributed by atoms with E-state index < -0.39 is 0 Å². The Morgan fingerprint density at radius 1 is 0.412 bits per heavy atom. The predicted molar refractivity (Wildman–Crippen MR) is 366 cm³/mol. The van der Waals surface area contributed by atoms with Gasteiger partial charge in [-0.05, 0) is 162 Å². The van der Waals surface area contributed by atoms with Crippen molar-refractivity contribution in [2.24, 2.45) is 5.41 Å². The SMILES string of the molecule is C=C/C(=C\C=C(/C)c1ccc2c(c1)N(c1ccc(-c3ccc(C(C)(C)C)cc3)cc1)c1cc(-n3c4ccccc4c4ccccc43)cc3c1B2c1cc(-c2ccccc2)cc2c1N3c1ccc(-c3ccccc3)cc1-c1ccccc1-2)C(C)(C)C. The number of rotatable bonds is 8. The first-order valence-corrected chi connectivity index (χ1v) is 30.0. The summed E-state index contributed by atoms with van der Waals surface area (Å²) in [6.45, 7) is 19.9. The summed E-state index contributed by atoms with van der Waals surface area (Å²) in [5, 5.41) is 2.46. The third-order valence-electron chi connectivity index (χ3n) is 18.2. The van der Waals surface area contributed by atoms with Crippen molar-refractivity contribution in [3.63, 3.8) is 0 Å². The first-order valence-electron chi connectivity index (χ1n) is 30.0. The molecule has 11 aromatic carbocycles. The quantitative estimate of drug-likeness (QED) is 0.111. The van der Waals surface area contributed by atoms with Gasteiger partial charge in [-0.25, -0.2) is 0 Å². The first kappa shape index (κ1) is 51.9. The molecule has 3 aliphatic heterocycles. The van der Waals surface area contributed by atoms with Gasteiger partial charge in [0.25, 0.3) is 6.71 Å². The van der Waals surface area contributed by atoms with Crippen LogP contribution >= 0.6 is 0 Å². The molecule has 0 fully saturated rings. The Balaban J connectivity index is 1.07. The molecular weight excluding hydrogens is 1030 g/mol. The Hall–Kier alpha value is -9.90. The normalized spacial score (nSPS) is 13.5. The number of nitrogens with zero attached hydrogens (tertiary/aromatic N) is 3. The van der Waals surface area contributed by atoms with Crippen LogP contribution in [0.1, 0.15) is 59.6 Å². The summed E-state index contributed by atoms with van der Waals surface area (Å²) in [6.07, 6.45) is 6.54. The number of anilines is 6. The number of para-hydroxylation sites is 2. The van der Waals surface area contributed by atoms with Crippen molar-refractivity contribution in [1.29, 1.82) is 0 Å². The van der Waals surface area contributed by atoms with E-state index in [1.807, 2.05) is 6.08 Å². The van der Waals surface area contributed by atoms with Crippen LogP contribution in [0.4, 0.5) is 34.1 Å². The van der Waals surface area contributed by atoms with Crippen molar-refractivity contribution in [2.45, 2.75) is 53.9 Å². The Morgan fingerprint density at radius 3 is 1.58 bits per heavy atom. The standard InChI is InChI=1S/C81H66BN3/c1-9-60(80(3,4)5)39-32-52(2)57-37-44-70-75(49-57)83(62-42-35-56(36-43-62)55-33-40-61(41-34-55)81(6,7)8)76-50-63(84-72-30-20-18-28-66(72)67-29-19-21-31-73(67)84)51-77-78(76)82(70)71-48-59(54-24-14-11-15-25-54)47-69-65-27-17-16-26-64(65)68-46-58(53-22-12-10-13-23-53)38-45-74(68)85(77)79(69)71/h9-51H,1H2,2-8H3/b52-32+,60-39+. The first-order chi connectivity index (χ1) is 41.3. The molecule has 15 rings (SSSR count). The van der Waals surface area contributed by atoms with E-state index in [1.165, 1.54) is 122 Å². The lowest BCUT2D eigenvalue weighted by Gasteiger charge is -2.45. The van der Waals surface area contributed by atoms with Gasteiger partial charge in [0, 0.05) is 50.3 Å². The van der Waals surface area contributed by atoms with E-state index >= 15 is 0 Å². The monoisotopic (exact) mass is 1090 g/mol. The Labute approximate surface area is 500 Å². The molecule has 0 saturated heterocycles. The maximum absolute atomic E-state index is 4.23. The van der Waals surface area contributed by atoms with E-state index in [-0.39, 0.29) is 17.5 Å². The summed E-state index contributed by atoms with van der Waals surface area (Å²) in [7, 11) is 0. The van der Waals surface area contributed by atoms with Crippen LogP contribution in [0.5, 0.6) is 0 Å². The number of benzene rings is 11. The van der Waals surface area contributed by atoms with Gasteiger partial charge < -0.3 is 14.4 Å². The summed E-state index contributed by atoms with van der Waals surface area (Å²) in [5.74, 6) is 0. The van der Waals surface area contributed by atoms with E-state index in [1.54, 1.807) is 0 Å². The molecule has 0 N–H and O–H groups in total. The number of hydrogen-bond acceptors (Lipinski definition) is 2. The van der Waals surface area contributed by atoms with Crippen LogP contribution in [0.3, 0.4) is 0 Å². The fraction of sp³-hybridized carbons (Fsp3) is 0.111. The summed E-state index contributed by atoms with van der Waals surface area (Å²) < 4.78 is 2.51. The molecule has 0 unspecified atom stereocenters. The van der Waals surface area contributed by atoms with Crippen LogP contribution in [0, 0.1) is 5.41 Å². The molecule has 3 nitrogen and oxygen atoms in total. The summed E-state index contributed by atoms with van der Waals surface area (Å²) in [4.78, 5) is 5.24. The minimum atomic E-state index is -0.151. The Bertz CT molecular complexity index is 4680. The zero-order valence-corrected chi connectivity index (χ0v) is 49.5. The highest BCUT2D eigenvalue weighted by Gasteiger charge is 2.46. The van der Waals surface area contributed by atoms with Gasteiger partial charge in [-0.15, -0.1) is 0 Å². The second-order valence-electron chi connectivity index (χ2n) is 25.4. The lowest BCUT2D eigenvalue weighted by Crippen LogP contribution is -2.61. The molecule has 0 radical (unpaired) electrons. The van der Waals surface area contributed by atoms with Crippen LogP contribution in [-0.2, 0) is 5.41 Å². The number of allylic oxidation sites excluding steroid dienone is 5. The topological polar surface area (TPSA) is 11.4 Å². The Morgan fingerprint density at radius 2 is 0.953 bits per heavy atom. The van der Waals surface area contributed by atoms with Crippen LogP contribution in [0.15, 0.2) is 273 Å². The second-order valence-corrected chi connectivity index (χ2v) is 25.4. The third-order valence-corrected chi connectivity index (χ3v) is 18.2. The lowest BCUT2D eigenvalue weighted by atomic mass is 9.33. The van der Waals surface area contributed by atoms with Gasteiger partial charge in [-0.3, -0.25) is 0 Å². The van der Waals surface area contributed by atoms with Crippen molar-refractivity contribution < 1.29 is 0 Å². The van der Waals surface area contributed by atoms with Gasteiger partial charge in [0.1, 0.15) is 0 Å². The molecule has 85 heavy (non-hydrogen) atoms. The fourth-order valence-electron chi connectivity index (χ4n) is 13.8. The van der Waals surface area contributed by atoms with Crippen molar-refractivity contribution in [3.8, 4) is 61.3 Å². The molecule has 0 spiro atoms. The van der Waals surface area contributed by atoms with E-state index in [0.29, 0.717) is 0 Å². The van der Waals surface area contributed by atoms with Crippen molar-refractivity contribution in [2.75, 3.05) is 9.80 Å². The summed E-state index contributed by atoms with van der Waals surface area (Å²) in [5.41, 5.74) is 31.1. The van der Waals surface area contributed by atoms with Crippen LogP contribution in [-0.4, -0.2) is 11.3 Å². The third kappa shape index (κ3) is 8.56. The zero-order chi connectivity index (χ0) is 57.9. The number of hydrogen-bond donors (Lipinski definition) is 0. The average Bonchev–Trinajstić information content (AvgIpc) is 1.75. The maximum atomic E-state index is 4.23. The zero-order valence-electron chi connectivity index (χ0n) is 49.5. The summed E-state index contributed by atoms with van der Waals surface area (Å²) in [6, 6.07) is 91.7. The highest BCUT2D eigenvalue weighted by Crippen LogP contribution is 2.55. The molecule has 0 saturated carbocycles. The van der Waals surface area contributed by atoms with E-state index in [4.69, 9.17) is 0 Å². The molecule has 12 aromatic rings. The van der Waals surface area contributed by atoms with Crippen molar-refractivity contribution >= 4 is 84.6 Å².